The lowest BCUT2D eigenvalue weighted by Crippen LogP contribution is -2.41. The Balaban J connectivity index is 1.70. The van der Waals surface area contributed by atoms with E-state index < -0.39 is 14.2 Å². The Morgan fingerprint density at radius 3 is 2.28 bits per heavy atom. The summed E-state index contributed by atoms with van der Waals surface area (Å²) in [5, 5.41) is 0. The highest BCUT2D eigenvalue weighted by Crippen LogP contribution is 2.41. The van der Waals surface area contributed by atoms with Crippen LogP contribution in [0.15, 0.2) is 42.6 Å². The normalized spacial score (nSPS) is 17.1. The third-order valence-electron chi connectivity index (χ3n) is 6.55. The average molecular weight is 511 g/mol. The summed E-state index contributed by atoms with van der Waals surface area (Å²) in [5.41, 5.74) is 2.86. The largest absolute Gasteiger partial charge is 0.497 e. The van der Waals surface area contributed by atoms with E-state index in [0.29, 0.717) is 42.3 Å². The molecule has 0 radical (unpaired) electrons. The van der Waals surface area contributed by atoms with Crippen LogP contribution < -0.4 is 19.1 Å². The SMILES string of the molecule is COc1ccc(C2=CN3C(=O)c4cc(OC)c(OC)cc4N(C(=O)OCC[Si](C)(C)C)C[C@@H]3C2)cc1. The van der Waals surface area contributed by atoms with E-state index in [1.165, 1.54) is 14.2 Å². The maximum atomic E-state index is 13.8. The van der Waals surface area contributed by atoms with Gasteiger partial charge in [-0.25, -0.2) is 4.79 Å². The molecule has 2 aromatic carbocycles. The molecule has 0 unspecified atom stereocenters. The fraction of sp³-hybridized carbons (Fsp3) is 0.407. The van der Waals surface area contributed by atoms with Gasteiger partial charge in [0.25, 0.3) is 5.91 Å². The predicted octanol–water partition coefficient (Wildman–Crippen LogP) is 5.26. The van der Waals surface area contributed by atoms with Gasteiger partial charge in [-0.05, 0) is 41.8 Å². The van der Waals surface area contributed by atoms with Crippen molar-refractivity contribution in [1.82, 2.24) is 4.90 Å². The fourth-order valence-corrected chi connectivity index (χ4v) is 5.17. The van der Waals surface area contributed by atoms with Crippen LogP contribution in [0.25, 0.3) is 5.57 Å². The van der Waals surface area contributed by atoms with E-state index in [1.807, 2.05) is 30.5 Å². The number of nitrogens with zero attached hydrogens (tertiary/aromatic N) is 2. The molecular weight excluding hydrogens is 476 g/mol. The Morgan fingerprint density at radius 2 is 1.67 bits per heavy atom. The van der Waals surface area contributed by atoms with Crippen LogP contribution in [0.2, 0.25) is 25.7 Å². The van der Waals surface area contributed by atoms with E-state index in [4.69, 9.17) is 18.9 Å². The van der Waals surface area contributed by atoms with Crippen molar-refractivity contribution in [3.05, 3.63) is 53.7 Å². The molecule has 4 rings (SSSR count). The van der Waals surface area contributed by atoms with Crippen molar-refractivity contribution in [1.29, 1.82) is 0 Å². The highest BCUT2D eigenvalue weighted by molar-refractivity contribution is 6.76. The van der Waals surface area contributed by atoms with Gasteiger partial charge in [-0.1, -0.05) is 31.8 Å². The molecule has 2 heterocycles. The third-order valence-corrected chi connectivity index (χ3v) is 8.26. The molecule has 2 aliphatic heterocycles. The zero-order valence-corrected chi connectivity index (χ0v) is 22.8. The van der Waals surface area contributed by atoms with Gasteiger partial charge >= 0.3 is 6.09 Å². The number of amides is 2. The van der Waals surface area contributed by atoms with Gasteiger partial charge in [-0.15, -0.1) is 0 Å². The molecule has 0 spiro atoms. The van der Waals surface area contributed by atoms with Gasteiger partial charge in [-0.2, -0.15) is 0 Å². The second-order valence-corrected chi connectivity index (χ2v) is 15.8. The molecule has 0 N–H and O–H groups in total. The Bertz CT molecular complexity index is 1170. The first-order chi connectivity index (χ1) is 17.1. The minimum absolute atomic E-state index is 0.197. The summed E-state index contributed by atoms with van der Waals surface area (Å²) in [6, 6.07) is 11.7. The first kappa shape index (κ1) is 25.6. The minimum atomic E-state index is -1.38. The molecule has 0 aliphatic carbocycles. The second-order valence-electron chi connectivity index (χ2n) is 10.2. The van der Waals surface area contributed by atoms with Gasteiger partial charge in [0.2, 0.25) is 0 Å². The van der Waals surface area contributed by atoms with Gasteiger partial charge in [0.1, 0.15) is 5.75 Å². The number of fused-ring (bicyclic) bond motifs is 2. The first-order valence-electron chi connectivity index (χ1n) is 12.0. The van der Waals surface area contributed by atoms with E-state index in [-0.39, 0.29) is 11.9 Å². The minimum Gasteiger partial charge on any atom is -0.497 e. The number of hydrogen-bond donors (Lipinski definition) is 0. The highest BCUT2D eigenvalue weighted by Gasteiger charge is 2.40. The molecule has 2 aliphatic rings. The molecule has 0 aromatic heterocycles. The van der Waals surface area contributed by atoms with E-state index in [0.717, 1.165) is 22.9 Å². The van der Waals surface area contributed by atoms with Crippen LogP contribution in [-0.2, 0) is 4.74 Å². The standard InChI is InChI=1S/C27H34N2O6Si/c1-32-21-9-7-18(8-10-21)19-13-20-17-29(27(31)35-11-12-36(4,5)6)23-15-25(34-3)24(33-2)14-22(23)26(30)28(20)16-19/h7-10,14-16,20H,11-13,17H2,1-6H3/t20-/m0/s1. The molecule has 1 atom stereocenters. The van der Waals surface area contributed by atoms with E-state index in [1.54, 1.807) is 29.0 Å². The number of rotatable bonds is 7. The van der Waals surface area contributed by atoms with E-state index in [2.05, 4.69) is 19.6 Å². The lowest BCUT2D eigenvalue weighted by molar-refractivity contribution is 0.0793. The molecule has 2 amide bonds. The van der Waals surface area contributed by atoms with E-state index in [9.17, 15) is 9.59 Å². The van der Waals surface area contributed by atoms with Crippen LogP contribution in [0.3, 0.4) is 0 Å². The van der Waals surface area contributed by atoms with Crippen LogP contribution in [0.1, 0.15) is 22.3 Å². The second kappa shape index (κ2) is 10.3. The van der Waals surface area contributed by atoms with Crippen molar-refractivity contribution in [2.24, 2.45) is 0 Å². The summed E-state index contributed by atoms with van der Waals surface area (Å²) in [4.78, 5) is 30.4. The predicted molar refractivity (Wildman–Crippen MR) is 142 cm³/mol. The van der Waals surface area contributed by atoms with Gasteiger partial charge in [0.05, 0.1) is 51.8 Å². The molecule has 36 heavy (non-hydrogen) atoms. The van der Waals surface area contributed by atoms with Crippen molar-refractivity contribution >= 4 is 31.3 Å². The van der Waals surface area contributed by atoms with Gasteiger partial charge in [0, 0.05) is 20.3 Å². The van der Waals surface area contributed by atoms with Crippen molar-refractivity contribution in [2.75, 3.05) is 39.4 Å². The van der Waals surface area contributed by atoms with Crippen LogP contribution in [-0.4, -0.2) is 65.5 Å². The summed E-state index contributed by atoms with van der Waals surface area (Å²) in [5.74, 6) is 1.44. The quantitative estimate of drug-likeness (QED) is 0.473. The van der Waals surface area contributed by atoms with Crippen molar-refractivity contribution in [3.63, 3.8) is 0 Å². The number of anilines is 1. The van der Waals surface area contributed by atoms with Crippen LogP contribution in [0.5, 0.6) is 17.2 Å². The summed E-state index contributed by atoms with van der Waals surface area (Å²) < 4.78 is 21.9. The molecule has 9 heteroatoms. The molecule has 2 aromatic rings. The van der Waals surface area contributed by atoms with Crippen LogP contribution in [0.4, 0.5) is 10.5 Å². The number of benzene rings is 2. The fourth-order valence-electron chi connectivity index (χ4n) is 4.46. The Morgan fingerprint density at radius 1 is 1.00 bits per heavy atom. The van der Waals surface area contributed by atoms with Crippen LogP contribution >= 0.6 is 0 Å². The van der Waals surface area contributed by atoms with E-state index >= 15 is 0 Å². The topological polar surface area (TPSA) is 77.5 Å². The molecule has 0 bridgehead atoms. The number of methoxy groups -OCH3 is 3. The van der Waals surface area contributed by atoms with Gasteiger partial charge in [0.15, 0.2) is 11.5 Å². The molecule has 0 saturated carbocycles. The molecule has 8 nitrogen and oxygen atoms in total. The smallest absolute Gasteiger partial charge is 0.414 e. The maximum absolute atomic E-state index is 13.8. The summed E-state index contributed by atoms with van der Waals surface area (Å²) in [6.45, 7) is 7.36. The zero-order valence-electron chi connectivity index (χ0n) is 21.8. The van der Waals surface area contributed by atoms with Crippen LogP contribution in [0, 0.1) is 0 Å². The molecule has 0 fully saturated rings. The molecule has 192 valence electrons. The van der Waals surface area contributed by atoms with Gasteiger partial charge in [-0.3, -0.25) is 9.69 Å². The van der Waals surface area contributed by atoms with Gasteiger partial charge < -0.3 is 23.8 Å². The third kappa shape index (κ3) is 5.21. The maximum Gasteiger partial charge on any atom is 0.414 e. The molecule has 0 saturated heterocycles. The number of carbonyl (C=O) groups excluding carboxylic acids is 2. The average Bonchev–Trinajstić information content (AvgIpc) is 3.24. The van der Waals surface area contributed by atoms with Crippen molar-refractivity contribution in [3.8, 4) is 17.2 Å². The number of ether oxygens (including phenoxy) is 4. The monoisotopic (exact) mass is 510 g/mol. The first-order valence-corrected chi connectivity index (χ1v) is 15.7. The number of hydrogen-bond acceptors (Lipinski definition) is 6. The zero-order chi connectivity index (χ0) is 26.0. The van der Waals surface area contributed by atoms with Crippen molar-refractivity contribution in [2.45, 2.75) is 38.1 Å². The number of carbonyl (C=O) groups is 2. The lowest BCUT2D eigenvalue weighted by Gasteiger charge is -2.26. The summed E-state index contributed by atoms with van der Waals surface area (Å²) in [6.07, 6.45) is 2.03. The summed E-state index contributed by atoms with van der Waals surface area (Å²) >= 11 is 0. The summed E-state index contributed by atoms with van der Waals surface area (Å²) in [7, 11) is 3.30. The molecular formula is C27H34N2O6Si. The Labute approximate surface area is 213 Å². The Kier molecular flexibility index (Phi) is 7.30. The lowest BCUT2D eigenvalue weighted by atomic mass is 10.0. The Hall–Kier alpha value is -3.46. The highest BCUT2D eigenvalue weighted by atomic mass is 28.3. The van der Waals surface area contributed by atoms with Crippen molar-refractivity contribution < 1.29 is 28.5 Å².